The number of aromatic nitrogens is 2. The first kappa shape index (κ1) is 48.0. The predicted octanol–water partition coefficient (Wildman–Crippen LogP) is 13.0. The number of fused-ring (bicyclic) bond motifs is 2. The molecular formula is C56H56N2O10S. The molecule has 0 spiro atoms. The summed E-state index contributed by atoms with van der Waals surface area (Å²) >= 11 is 0. The molecule has 69 heavy (non-hydrogen) atoms. The van der Waals surface area contributed by atoms with Gasteiger partial charge in [-0.15, -0.1) is 0 Å². The van der Waals surface area contributed by atoms with E-state index in [-0.39, 0.29) is 11.5 Å². The lowest BCUT2D eigenvalue weighted by atomic mass is 10.0. The first-order chi connectivity index (χ1) is 33.3. The van der Waals surface area contributed by atoms with Gasteiger partial charge in [-0.2, -0.15) is 0 Å². The summed E-state index contributed by atoms with van der Waals surface area (Å²) in [5.74, 6) is 5.41. The molecule has 6 aromatic carbocycles. The highest BCUT2D eigenvalue weighted by atomic mass is 32.2. The van der Waals surface area contributed by atoms with Crippen molar-refractivity contribution in [2.75, 3.05) is 39.9 Å². The molecule has 0 saturated carbocycles. The van der Waals surface area contributed by atoms with Crippen LogP contribution in [-0.2, 0) is 9.84 Å². The average Bonchev–Trinajstić information content (AvgIpc) is 3.36. The van der Waals surface area contributed by atoms with Crippen molar-refractivity contribution in [1.82, 2.24) is 9.97 Å². The third-order valence-corrected chi connectivity index (χ3v) is 13.5. The molecule has 8 rings (SSSR count). The van der Waals surface area contributed by atoms with E-state index in [1.807, 2.05) is 84.9 Å². The third kappa shape index (κ3) is 11.4. The number of benzene rings is 6. The van der Waals surface area contributed by atoms with Crippen LogP contribution >= 0.6 is 0 Å². The lowest BCUT2D eigenvalue weighted by Crippen LogP contribution is -2.26. The minimum absolute atomic E-state index is 0.312. The minimum Gasteiger partial charge on any atom is -0.493 e. The topological polar surface area (TPSA) is 134 Å². The Morgan fingerprint density at radius 1 is 0.406 bits per heavy atom. The van der Waals surface area contributed by atoms with Crippen molar-refractivity contribution in [3.05, 3.63) is 168 Å². The van der Waals surface area contributed by atoms with E-state index in [9.17, 15) is 8.42 Å². The normalized spacial score (nSPS) is 12.4. The van der Waals surface area contributed by atoms with E-state index in [0.29, 0.717) is 91.5 Å². The molecule has 0 saturated heterocycles. The number of sulfone groups is 1. The van der Waals surface area contributed by atoms with E-state index >= 15 is 0 Å². The van der Waals surface area contributed by atoms with E-state index in [1.165, 1.54) is 0 Å². The van der Waals surface area contributed by atoms with Gasteiger partial charge in [0.25, 0.3) is 0 Å². The molecule has 0 radical (unpaired) electrons. The third-order valence-electron chi connectivity index (χ3n) is 11.8. The summed E-state index contributed by atoms with van der Waals surface area (Å²) in [6.07, 6.45) is 1.56. The fourth-order valence-electron chi connectivity index (χ4n) is 7.94. The van der Waals surface area contributed by atoms with Crippen LogP contribution in [0, 0.1) is 0 Å². The van der Waals surface area contributed by atoms with Crippen LogP contribution < -0.4 is 37.9 Å². The van der Waals surface area contributed by atoms with Gasteiger partial charge in [0.1, 0.15) is 46.7 Å². The first-order valence-electron chi connectivity index (χ1n) is 22.6. The molecule has 2 unspecified atom stereocenters. The molecule has 2 atom stereocenters. The van der Waals surface area contributed by atoms with Crippen molar-refractivity contribution in [3.8, 4) is 57.5 Å². The van der Waals surface area contributed by atoms with Crippen LogP contribution in [0.5, 0.6) is 57.5 Å². The standard InChI is InChI=1S/C56H56N2O10S/c1-35(2)37-9-17-43(18-10-37)67-55(39-13-21-41(22-14-39)65-49-25-27-57-47-31-53(63-7)51(61-5)29-45(47)49)33-69(59,60)34-56(68-44-19-11-38(12-20-44)36(3)4)40-15-23-42(24-16-40)66-50-26-28-58-48-32-54(64-8)52(62-6)30-46(48)50/h9-32,35-36,55-56H,33-34H2,1-8H3. The van der Waals surface area contributed by atoms with Gasteiger partial charge >= 0.3 is 0 Å². The molecule has 2 heterocycles. The van der Waals surface area contributed by atoms with Crippen LogP contribution in [0.3, 0.4) is 0 Å². The molecule has 8 aromatic rings. The summed E-state index contributed by atoms with van der Waals surface area (Å²) in [6.45, 7) is 8.47. The summed E-state index contributed by atoms with van der Waals surface area (Å²) in [5.41, 5.74) is 4.91. The van der Waals surface area contributed by atoms with Crippen LogP contribution in [0.2, 0.25) is 0 Å². The summed E-state index contributed by atoms with van der Waals surface area (Å²) in [5, 5.41) is 1.46. The Morgan fingerprint density at radius 2 is 0.725 bits per heavy atom. The zero-order valence-electron chi connectivity index (χ0n) is 40.0. The van der Waals surface area contributed by atoms with E-state index in [4.69, 9.17) is 37.9 Å². The monoisotopic (exact) mass is 948 g/mol. The lowest BCUT2D eigenvalue weighted by Gasteiger charge is -2.24. The Labute approximate surface area is 403 Å². The molecule has 0 aliphatic rings. The van der Waals surface area contributed by atoms with Crippen molar-refractivity contribution in [2.24, 2.45) is 0 Å². The maximum Gasteiger partial charge on any atom is 0.162 e. The van der Waals surface area contributed by atoms with Gasteiger partial charge in [0.2, 0.25) is 0 Å². The lowest BCUT2D eigenvalue weighted by molar-refractivity contribution is 0.221. The van der Waals surface area contributed by atoms with Gasteiger partial charge in [0.05, 0.1) is 51.0 Å². The van der Waals surface area contributed by atoms with Crippen LogP contribution in [0.1, 0.15) is 74.0 Å². The number of hydrogen-bond acceptors (Lipinski definition) is 12. The van der Waals surface area contributed by atoms with E-state index < -0.39 is 22.0 Å². The zero-order chi connectivity index (χ0) is 48.7. The first-order valence-corrected chi connectivity index (χ1v) is 24.5. The molecular weight excluding hydrogens is 893 g/mol. The van der Waals surface area contributed by atoms with Crippen LogP contribution in [0.15, 0.2) is 146 Å². The summed E-state index contributed by atoms with van der Waals surface area (Å²) in [4.78, 5) is 8.98. The molecule has 356 valence electrons. The van der Waals surface area contributed by atoms with E-state index in [2.05, 4.69) is 37.7 Å². The Morgan fingerprint density at radius 3 is 1.06 bits per heavy atom. The molecule has 2 aromatic heterocycles. The summed E-state index contributed by atoms with van der Waals surface area (Å²) < 4.78 is 77.3. The molecule has 0 bridgehead atoms. The largest absolute Gasteiger partial charge is 0.493 e. The van der Waals surface area contributed by atoms with Crippen molar-refractivity contribution in [1.29, 1.82) is 0 Å². The number of methoxy groups -OCH3 is 4. The summed E-state index contributed by atoms with van der Waals surface area (Å²) in [6, 6.07) is 40.8. The fraction of sp³-hybridized carbons (Fsp3) is 0.250. The average molecular weight is 949 g/mol. The van der Waals surface area contributed by atoms with Crippen molar-refractivity contribution < 1.29 is 46.3 Å². The Balaban J connectivity index is 1.08. The second-order valence-electron chi connectivity index (χ2n) is 17.1. The molecule has 0 fully saturated rings. The predicted molar refractivity (Wildman–Crippen MR) is 269 cm³/mol. The molecule has 0 amide bonds. The number of rotatable bonds is 20. The maximum absolute atomic E-state index is 14.7. The fourth-order valence-corrected chi connectivity index (χ4v) is 9.52. The SMILES string of the molecule is COc1cc2nccc(Oc3ccc(C(CS(=O)(=O)CC(Oc4ccc(C(C)C)cc4)c4ccc(Oc5ccnc6cc(OC)c(OC)cc56)cc4)Oc4ccc(C(C)C)cc4)cc3)c2cc1OC. The number of pyridine rings is 2. The highest BCUT2D eigenvalue weighted by molar-refractivity contribution is 7.91. The van der Waals surface area contributed by atoms with Gasteiger partial charge in [0.15, 0.2) is 32.8 Å². The molecule has 0 N–H and O–H groups in total. The van der Waals surface area contributed by atoms with Crippen LogP contribution in [-0.4, -0.2) is 58.3 Å². The van der Waals surface area contributed by atoms with Crippen molar-refractivity contribution in [3.63, 3.8) is 0 Å². The smallest absolute Gasteiger partial charge is 0.162 e. The number of hydrogen-bond donors (Lipinski definition) is 0. The van der Waals surface area contributed by atoms with Crippen LogP contribution in [0.25, 0.3) is 21.8 Å². The van der Waals surface area contributed by atoms with Gasteiger partial charge in [-0.25, -0.2) is 8.42 Å². The van der Waals surface area contributed by atoms with E-state index in [0.717, 1.165) is 21.9 Å². The minimum atomic E-state index is -3.92. The number of ether oxygens (including phenoxy) is 8. The second kappa shape index (κ2) is 21.2. The van der Waals surface area contributed by atoms with Crippen molar-refractivity contribution >= 4 is 31.6 Å². The van der Waals surface area contributed by atoms with Gasteiger partial charge < -0.3 is 37.9 Å². The highest BCUT2D eigenvalue weighted by Gasteiger charge is 2.29. The molecule has 0 aliphatic carbocycles. The highest BCUT2D eigenvalue weighted by Crippen LogP contribution is 2.40. The Bertz CT molecular complexity index is 2920. The van der Waals surface area contributed by atoms with Gasteiger partial charge in [-0.3, -0.25) is 9.97 Å². The van der Waals surface area contributed by atoms with Gasteiger partial charge in [0, 0.05) is 35.3 Å². The summed E-state index contributed by atoms with van der Waals surface area (Å²) in [7, 11) is 2.38. The maximum atomic E-state index is 14.7. The Hall–Kier alpha value is -7.51. The van der Waals surface area contributed by atoms with Crippen molar-refractivity contribution in [2.45, 2.75) is 51.7 Å². The van der Waals surface area contributed by atoms with Crippen LogP contribution in [0.4, 0.5) is 0 Å². The number of nitrogens with zero attached hydrogens (tertiary/aromatic N) is 2. The van der Waals surface area contributed by atoms with Gasteiger partial charge in [-0.1, -0.05) is 76.2 Å². The molecule has 0 aliphatic heterocycles. The Kier molecular flexibility index (Phi) is 14.7. The molecule has 12 nitrogen and oxygen atoms in total. The van der Waals surface area contributed by atoms with Gasteiger partial charge in [-0.05, 0) is 107 Å². The molecule has 13 heteroatoms. The van der Waals surface area contributed by atoms with E-state index in [1.54, 1.807) is 89.4 Å². The zero-order valence-corrected chi connectivity index (χ0v) is 40.8. The quantitative estimate of drug-likeness (QED) is 0.0720. The second-order valence-corrected chi connectivity index (χ2v) is 19.3.